The average Bonchev–Trinajstić information content (AvgIpc) is 3.23. The molecular formula is C17H24FN5OS. The maximum absolute atomic E-state index is 14.1. The molecule has 2 aliphatic rings. The average molecular weight is 365 g/mol. The molecule has 2 bridgehead atoms. The summed E-state index contributed by atoms with van der Waals surface area (Å²) in [4.78, 5) is 5.08. The maximum Gasteiger partial charge on any atom is 0.191 e. The summed E-state index contributed by atoms with van der Waals surface area (Å²) in [6.07, 6.45) is 5.09. The van der Waals surface area contributed by atoms with Gasteiger partial charge < -0.3 is 15.5 Å². The standard InChI is InChI=1S/C17H24FN5OS/c1-9(16(19)24-15-7-10-3-5-14(15)21-10)17(23-20)22-13-6-4-11(25-2)8-12(13)18/h4,6,8-10,14-15,19,21H,3,5,7,20H2,1-2H3,(H,22,23). The van der Waals surface area contributed by atoms with E-state index in [4.69, 9.17) is 16.0 Å². The van der Waals surface area contributed by atoms with Crippen LogP contribution in [0.15, 0.2) is 28.1 Å². The van der Waals surface area contributed by atoms with Gasteiger partial charge in [-0.1, -0.05) is 0 Å². The van der Waals surface area contributed by atoms with Crippen LogP contribution in [-0.4, -0.2) is 36.2 Å². The first-order valence-electron chi connectivity index (χ1n) is 8.41. The molecule has 8 heteroatoms. The van der Waals surface area contributed by atoms with E-state index >= 15 is 0 Å². The molecule has 2 fully saturated rings. The Labute approximate surface area is 151 Å². The Bertz CT molecular complexity index is 683. The highest BCUT2D eigenvalue weighted by Gasteiger charge is 2.41. The van der Waals surface area contributed by atoms with Crippen LogP contribution < -0.4 is 16.6 Å². The van der Waals surface area contributed by atoms with Gasteiger partial charge in [-0.15, -0.1) is 11.8 Å². The third-order valence-corrected chi connectivity index (χ3v) is 5.59. The molecule has 1 aromatic rings. The fourth-order valence-corrected chi connectivity index (χ4v) is 3.81. The minimum Gasteiger partial charge on any atom is -0.476 e. The lowest BCUT2D eigenvalue weighted by atomic mass is 9.97. The van der Waals surface area contributed by atoms with E-state index in [1.807, 2.05) is 6.26 Å². The van der Waals surface area contributed by atoms with Gasteiger partial charge in [0.25, 0.3) is 0 Å². The van der Waals surface area contributed by atoms with Crippen molar-refractivity contribution in [1.82, 2.24) is 10.7 Å². The number of hydrazine groups is 1. The number of ether oxygens (including phenoxy) is 1. The van der Waals surface area contributed by atoms with E-state index in [1.54, 1.807) is 19.1 Å². The zero-order chi connectivity index (χ0) is 18.0. The van der Waals surface area contributed by atoms with Gasteiger partial charge in [-0.05, 0) is 44.2 Å². The lowest BCUT2D eigenvalue weighted by Crippen LogP contribution is -2.41. The van der Waals surface area contributed by atoms with Crippen LogP contribution in [0.25, 0.3) is 0 Å². The van der Waals surface area contributed by atoms with Crippen LogP contribution in [0.1, 0.15) is 26.2 Å². The molecule has 6 nitrogen and oxygen atoms in total. The van der Waals surface area contributed by atoms with Crippen LogP contribution in [0, 0.1) is 17.1 Å². The Morgan fingerprint density at radius 3 is 2.88 bits per heavy atom. The number of benzene rings is 1. The molecule has 0 saturated carbocycles. The second-order valence-electron chi connectivity index (χ2n) is 6.48. The van der Waals surface area contributed by atoms with Crippen molar-refractivity contribution in [1.29, 1.82) is 5.41 Å². The van der Waals surface area contributed by atoms with E-state index in [-0.39, 0.29) is 17.7 Å². The van der Waals surface area contributed by atoms with Crippen LogP contribution in [-0.2, 0) is 4.74 Å². The van der Waals surface area contributed by atoms with E-state index in [2.05, 4.69) is 15.7 Å². The van der Waals surface area contributed by atoms with Crippen molar-refractivity contribution in [2.24, 2.45) is 16.8 Å². The molecule has 0 spiro atoms. The number of thioether (sulfide) groups is 1. The molecule has 2 saturated heterocycles. The molecule has 0 aliphatic carbocycles. The number of amidine groups is 1. The van der Waals surface area contributed by atoms with Crippen molar-refractivity contribution in [3.05, 3.63) is 24.0 Å². The lowest BCUT2D eigenvalue weighted by molar-refractivity contribution is 0.149. The molecule has 3 rings (SSSR count). The van der Waals surface area contributed by atoms with Gasteiger partial charge in [0.15, 0.2) is 5.90 Å². The fraction of sp³-hybridized carbons (Fsp3) is 0.529. The van der Waals surface area contributed by atoms with E-state index in [9.17, 15) is 4.39 Å². The Morgan fingerprint density at radius 1 is 1.52 bits per heavy atom. The van der Waals surface area contributed by atoms with Gasteiger partial charge in [0.2, 0.25) is 0 Å². The summed E-state index contributed by atoms with van der Waals surface area (Å²) in [7, 11) is 0. The van der Waals surface area contributed by atoms with Crippen molar-refractivity contribution in [3.63, 3.8) is 0 Å². The first-order chi connectivity index (χ1) is 12.0. The Kier molecular flexibility index (Phi) is 5.61. The molecule has 0 aromatic heterocycles. The van der Waals surface area contributed by atoms with E-state index in [0.29, 0.717) is 17.9 Å². The van der Waals surface area contributed by atoms with Gasteiger partial charge in [-0.2, -0.15) is 0 Å². The molecule has 4 unspecified atom stereocenters. The summed E-state index contributed by atoms with van der Waals surface area (Å²) in [5.41, 5.74) is 2.67. The number of nitrogens with zero attached hydrogens (tertiary/aromatic N) is 1. The summed E-state index contributed by atoms with van der Waals surface area (Å²) in [5, 5.41) is 11.7. The molecule has 5 N–H and O–H groups in total. The number of fused-ring (bicyclic) bond motifs is 2. The number of hydrogen-bond acceptors (Lipinski definition) is 6. The van der Waals surface area contributed by atoms with E-state index in [0.717, 1.165) is 17.7 Å². The molecule has 1 aromatic carbocycles. The normalized spacial score (nSPS) is 26.6. The predicted octanol–water partition coefficient (Wildman–Crippen LogP) is 2.56. The third-order valence-electron chi connectivity index (χ3n) is 4.87. The first-order valence-corrected chi connectivity index (χ1v) is 9.64. The van der Waals surface area contributed by atoms with E-state index < -0.39 is 11.7 Å². The number of nitrogens with two attached hydrogens (primary N) is 1. The molecule has 25 heavy (non-hydrogen) atoms. The van der Waals surface area contributed by atoms with Gasteiger partial charge in [-0.25, -0.2) is 15.2 Å². The monoisotopic (exact) mass is 365 g/mol. The second kappa shape index (κ2) is 7.72. The van der Waals surface area contributed by atoms with Gasteiger partial charge >= 0.3 is 0 Å². The number of rotatable bonds is 5. The highest BCUT2D eigenvalue weighted by molar-refractivity contribution is 7.98. The molecule has 0 radical (unpaired) electrons. The van der Waals surface area contributed by atoms with Gasteiger partial charge in [-0.3, -0.25) is 5.41 Å². The smallest absolute Gasteiger partial charge is 0.191 e. The van der Waals surface area contributed by atoms with Crippen molar-refractivity contribution in [2.75, 3.05) is 6.26 Å². The second-order valence-corrected chi connectivity index (χ2v) is 7.36. The van der Waals surface area contributed by atoms with Gasteiger partial charge in [0, 0.05) is 23.4 Å². The quantitative estimate of drug-likeness (QED) is 0.211. The van der Waals surface area contributed by atoms with Crippen molar-refractivity contribution < 1.29 is 9.13 Å². The van der Waals surface area contributed by atoms with Crippen LogP contribution in [0.5, 0.6) is 0 Å². The first kappa shape index (κ1) is 18.2. The molecular weight excluding hydrogens is 341 g/mol. The lowest BCUT2D eigenvalue weighted by Gasteiger charge is -2.24. The minimum atomic E-state index is -0.483. The van der Waals surface area contributed by atoms with Crippen LogP contribution in [0.3, 0.4) is 0 Å². The molecule has 4 atom stereocenters. The minimum absolute atomic E-state index is 0.0188. The van der Waals surface area contributed by atoms with Crippen molar-refractivity contribution in [2.45, 2.75) is 49.3 Å². The van der Waals surface area contributed by atoms with Gasteiger partial charge in [0.05, 0.1) is 5.92 Å². The summed E-state index contributed by atoms with van der Waals surface area (Å²) in [6, 6.07) is 5.66. The summed E-state index contributed by atoms with van der Waals surface area (Å²) in [6.45, 7) is 1.77. The number of nitrogens with one attached hydrogen (secondary N) is 3. The molecule has 2 aliphatic heterocycles. The summed E-state index contributed by atoms with van der Waals surface area (Å²) in [5.74, 6) is 5.06. The predicted molar refractivity (Wildman–Crippen MR) is 98.9 cm³/mol. The van der Waals surface area contributed by atoms with E-state index in [1.165, 1.54) is 24.2 Å². The Balaban J connectivity index is 1.69. The third kappa shape index (κ3) is 3.96. The van der Waals surface area contributed by atoms with Gasteiger partial charge in [0.1, 0.15) is 23.4 Å². The summed E-state index contributed by atoms with van der Waals surface area (Å²) >= 11 is 1.46. The van der Waals surface area contributed by atoms with Crippen molar-refractivity contribution >= 4 is 29.2 Å². The summed E-state index contributed by atoms with van der Waals surface area (Å²) < 4.78 is 20.0. The fourth-order valence-electron chi connectivity index (χ4n) is 3.38. The Morgan fingerprint density at radius 2 is 2.32 bits per heavy atom. The highest BCUT2D eigenvalue weighted by Crippen LogP contribution is 2.31. The SMILES string of the molecule is CSc1ccc(N=C(NN)C(C)C(=N)OC2CC3CCC2N3)c(F)c1. The van der Waals surface area contributed by atoms with Crippen molar-refractivity contribution in [3.8, 4) is 0 Å². The molecule has 2 heterocycles. The number of aliphatic imine (C=N–C) groups is 1. The van der Waals surface area contributed by atoms with Crippen LogP contribution in [0.2, 0.25) is 0 Å². The largest absolute Gasteiger partial charge is 0.476 e. The molecule has 0 amide bonds. The number of hydrogen-bond donors (Lipinski definition) is 4. The topological polar surface area (TPSA) is 95.5 Å². The van der Waals surface area contributed by atoms with Crippen LogP contribution >= 0.6 is 11.8 Å². The highest BCUT2D eigenvalue weighted by atomic mass is 32.2. The Hall–Kier alpha value is -1.64. The number of halogens is 1. The van der Waals surface area contributed by atoms with Crippen LogP contribution in [0.4, 0.5) is 10.1 Å². The zero-order valence-electron chi connectivity index (χ0n) is 14.4. The molecule has 136 valence electrons. The maximum atomic E-state index is 14.1. The zero-order valence-corrected chi connectivity index (χ0v) is 15.2.